The zero-order valence-corrected chi connectivity index (χ0v) is 18.3. The highest BCUT2D eigenvalue weighted by atomic mass is 19.4. The second-order valence-electron chi connectivity index (χ2n) is 7.58. The summed E-state index contributed by atoms with van der Waals surface area (Å²) in [6.07, 6.45) is -3.61. The van der Waals surface area contributed by atoms with E-state index < -0.39 is 34.5 Å². The molecule has 3 aromatic rings. The fourth-order valence-corrected chi connectivity index (χ4v) is 3.70. The number of halogens is 3. The molecule has 0 aliphatic rings. The Balaban J connectivity index is 2.28. The van der Waals surface area contributed by atoms with E-state index in [4.69, 9.17) is 0 Å². The Kier molecular flexibility index (Phi) is 6.61. The topological polar surface area (TPSA) is 95.1 Å². The number of aromatic nitrogens is 3. The van der Waals surface area contributed by atoms with Gasteiger partial charge in [-0.1, -0.05) is 19.9 Å². The summed E-state index contributed by atoms with van der Waals surface area (Å²) in [7, 11) is 1.40. The molecular formula is C22H23F3N4O4. The van der Waals surface area contributed by atoms with Crippen LogP contribution >= 0.6 is 0 Å². The number of alkyl halides is 3. The molecule has 1 aromatic carbocycles. The largest absolute Gasteiger partial charge is 0.416 e. The lowest BCUT2D eigenvalue weighted by molar-refractivity contribution is -0.137. The molecule has 0 saturated carbocycles. The van der Waals surface area contributed by atoms with E-state index in [9.17, 15) is 32.3 Å². The van der Waals surface area contributed by atoms with Gasteiger partial charge in [-0.25, -0.2) is 4.79 Å². The summed E-state index contributed by atoms with van der Waals surface area (Å²) in [4.78, 5) is 51.8. The van der Waals surface area contributed by atoms with Crippen LogP contribution in [0.4, 0.5) is 18.9 Å². The quantitative estimate of drug-likeness (QED) is 0.607. The van der Waals surface area contributed by atoms with E-state index in [1.807, 2.05) is 6.92 Å². The van der Waals surface area contributed by atoms with Gasteiger partial charge < -0.3 is 5.32 Å². The van der Waals surface area contributed by atoms with Gasteiger partial charge in [0.05, 0.1) is 16.5 Å². The van der Waals surface area contributed by atoms with E-state index in [1.54, 1.807) is 6.92 Å². The minimum Gasteiger partial charge on any atom is -0.322 e. The smallest absolute Gasteiger partial charge is 0.322 e. The summed E-state index contributed by atoms with van der Waals surface area (Å²) in [5.41, 5.74) is -3.43. The van der Waals surface area contributed by atoms with Crippen LogP contribution in [0.3, 0.4) is 0 Å². The van der Waals surface area contributed by atoms with Crippen molar-refractivity contribution in [3.05, 3.63) is 72.7 Å². The molecule has 0 spiro atoms. The van der Waals surface area contributed by atoms with Crippen LogP contribution in [-0.2, 0) is 26.3 Å². The van der Waals surface area contributed by atoms with Crippen molar-refractivity contribution in [2.75, 3.05) is 5.32 Å². The van der Waals surface area contributed by atoms with E-state index in [2.05, 4.69) is 5.32 Å². The van der Waals surface area contributed by atoms with E-state index in [-0.39, 0.29) is 35.4 Å². The van der Waals surface area contributed by atoms with Gasteiger partial charge in [-0.15, -0.1) is 0 Å². The lowest BCUT2D eigenvalue weighted by Gasteiger charge is -2.17. The van der Waals surface area contributed by atoms with Crippen LogP contribution in [-0.4, -0.2) is 19.6 Å². The number of hydrogen-bond acceptors (Lipinski definition) is 4. The SMILES string of the molecule is CCCn1c(=O)c2c(C(=O)Nc3cccc(C(F)(F)F)c3)cc(=O)n(CCC)c2n(C)c1=O. The van der Waals surface area contributed by atoms with Gasteiger partial charge in [0.2, 0.25) is 0 Å². The molecular weight excluding hydrogens is 441 g/mol. The van der Waals surface area contributed by atoms with Crippen molar-refractivity contribution in [1.29, 1.82) is 0 Å². The molecule has 0 aliphatic carbocycles. The van der Waals surface area contributed by atoms with Gasteiger partial charge in [-0.2, -0.15) is 13.2 Å². The Morgan fingerprint density at radius 3 is 2.24 bits per heavy atom. The average molecular weight is 464 g/mol. The van der Waals surface area contributed by atoms with Crippen LogP contribution in [0.2, 0.25) is 0 Å². The number of hydrogen-bond donors (Lipinski definition) is 1. The van der Waals surface area contributed by atoms with Crippen LogP contribution in [0.5, 0.6) is 0 Å². The van der Waals surface area contributed by atoms with E-state index in [1.165, 1.54) is 17.7 Å². The fourth-order valence-electron chi connectivity index (χ4n) is 3.70. The standard InChI is InChI=1S/C22H23F3N4O4/c1-4-9-28-16(30)12-15(17-19(28)27(3)21(33)29(10-5-2)20(17)32)18(31)26-14-8-6-7-13(11-14)22(23,24)25/h6-8,11-12H,4-5,9-10H2,1-3H3,(H,26,31). The molecule has 2 heterocycles. The van der Waals surface area contributed by atoms with Crippen molar-refractivity contribution in [2.45, 2.75) is 46.0 Å². The Bertz CT molecular complexity index is 1400. The van der Waals surface area contributed by atoms with Gasteiger partial charge in [0.25, 0.3) is 17.0 Å². The van der Waals surface area contributed by atoms with Gasteiger partial charge in [-0.05, 0) is 31.0 Å². The second-order valence-corrected chi connectivity index (χ2v) is 7.58. The maximum Gasteiger partial charge on any atom is 0.416 e. The van der Waals surface area contributed by atoms with Gasteiger partial charge in [0.15, 0.2) is 0 Å². The van der Waals surface area contributed by atoms with Crippen molar-refractivity contribution in [3.8, 4) is 0 Å². The van der Waals surface area contributed by atoms with Crippen LogP contribution in [0.1, 0.15) is 42.6 Å². The molecule has 0 atom stereocenters. The summed E-state index contributed by atoms with van der Waals surface area (Å²) in [5, 5.41) is 2.18. The summed E-state index contributed by atoms with van der Waals surface area (Å²) < 4.78 is 42.4. The number of fused-ring (bicyclic) bond motifs is 1. The molecule has 11 heteroatoms. The van der Waals surface area contributed by atoms with Gasteiger partial charge in [0.1, 0.15) is 5.65 Å². The molecule has 1 amide bonds. The second kappa shape index (κ2) is 9.08. The number of nitrogens with zero attached hydrogens (tertiary/aromatic N) is 3. The predicted molar refractivity (Wildman–Crippen MR) is 118 cm³/mol. The average Bonchev–Trinajstić information content (AvgIpc) is 2.75. The molecule has 1 N–H and O–H groups in total. The van der Waals surface area contributed by atoms with Crippen molar-refractivity contribution < 1.29 is 18.0 Å². The Labute approximate surface area is 185 Å². The highest BCUT2D eigenvalue weighted by Crippen LogP contribution is 2.30. The third kappa shape index (κ3) is 4.48. The van der Waals surface area contributed by atoms with Crippen molar-refractivity contribution in [1.82, 2.24) is 13.7 Å². The number of carbonyl (C=O) groups excluding carboxylic acids is 1. The molecule has 33 heavy (non-hydrogen) atoms. The number of nitrogens with one attached hydrogen (secondary N) is 1. The molecule has 0 radical (unpaired) electrons. The molecule has 0 fully saturated rings. The number of aryl methyl sites for hydroxylation is 2. The third-order valence-electron chi connectivity index (χ3n) is 5.16. The van der Waals surface area contributed by atoms with Crippen LogP contribution in [0.15, 0.2) is 44.7 Å². The summed E-state index contributed by atoms with van der Waals surface area (Å²) in [6, 6.07) is 4.98. The third-order valence-corrected chi connectivity index (χ3v) is 5.16. The van der Waals surface area contributed by atoms with Crippen molar-refractivity contribution in [2.24, 2.45) is 7.05 Å². The number of amides is 1. The minimum atomic E-state index is -4.61. The Morgan fingerprint density at radius 2 is 1.64 bits per heavy atom. The highest BCUT2D eigenvalue weighted by Gasteiger charge is 2.30. The first kappa shape index (κ1) is 24.0. The van der Waals surface area contributed by atoms with Crippen LogP contribution in [0.25, 0.3) is 11.0 Å². The normalized spacial score (nSPS) is 11.7. The van der Waals surface area contributed by atoms with Crippen LogP contribution in [0, 0.1) is 0 Å². The van der Waals surface area contributed by atoms with Gasteiger partial charge in [0, 0.05) is 31.9 Å². The summed E-state index contributed by atoms with van der Waals surface area (Å²) in [6.45, 7) is 3.89. The predicted octanol–water partition coefficient (Wildman–Crippen LogP) is 2.95. The molecule has 8 nitrogen and oxygen atoms in total. The lowest BCUT2D eigenvalue weighted by Crippen LogP contribution is -2.42. The van der Waals surface area contributed by atoms with Crippen molar-refractivity contribution >= 4 is 22.6 Å². The first-order chi connectivity index (χ1) is 15.5. The first-order valence-corrected chi connectivity index (χ1v) is 10.4. The molecule has 176 valence electrons. The lowest BCUT2D eigenvalue weighted by atomic mass is 10.1. The summed E-state index contributed by atoms with van der Waals surface area (Å²) >= 11 is 0. The fraction of sp³-hybridized carbons (Fsp3) is 0.364. The molecule has 3 rings (SSSR count). The number of pyridine rings is 1. The van der Waals surface area contributed by atoms with E-state index in [0.717, 1.165) is 33.4 Å². The molecule has 0 bridgehead atoms. The maximum atomic E-state index is 13.2. The van der Waals surface area contributed by atoms with E-state index in [0.29, 0.717) is 12.8 Å². The number of carbonyl (C=O) groups is 1. The zero-order valence-electron chi connectivity index (χ0n) is 18.3. The number of anilines is 1. The van der Waals surface area contributed by atoms with Crippen LogP contribution < -0.4 is 22.1 Å². The van der Waals surface area contributed by atoms with E-state index >= 15 is 0 Å². The maximum absolute atomic E-state index is 13.2. The molecule has 0 unspecified atom stereocenters. The van der Waals surface area contributed by atoms with Crippen molar-refractivity contribution in [3.63, 3.8) is 0 Å². The van der Waals surface area contributed by atoms with Gasteiger partial charge in [-0.3, -0.25) is 28.1 Å². The molecule has 2 aromatic heterocycles. The summed E-state index contributed by atoms with van der Waals surface area (Å²) in [5.74, 6) is -0.932. The zero-order chi connectivity index (χ0) is 24.5. The molecule has 0 saturated heterocycles. The molecule has 0 aliphatic heterocycles. The Morgan fingerprint density at radius 1 is 1.00 bits per heavy atom. The number of benzene rings is 1. The highest BCUT2D eigenvalue weighted by molar-refractivity contribution is 6.11. The Hall–Kier alpha value is -3.63. The van der Waals surface area contributed by atoms with Gasteiger partial charge >= 0.3 is 11.9 Å². The monoisotopic (exact) mass is 464 g/mol. The first-order valence-electron chi connectivity index (χ1n) is 10.4. The minimum absolute atomic E-state index is 0.0131. The number of rotatable bonds is 6.